The van der Waals surface area contributed by atoms with Gasteiger partial charge in [-0.25, -0.2) is 0 Å². The molecule has 0 amide bonds. The van der Waals surface area contributed by atoms with Gasteiger partial charge in [0.2, 0.25) is 0 Å². The highest BCUT2D eigenvalue weighted by molar-refractivity contribution is 7.86. The molecule has 7 heteroatoms. The first-order valence-electron chi connectivity index (χ1n) is 5.05. The van der Waals surface area contributed by atoms with Gasteiger partial charge < -0.3 is 0 Å². The minimum absolute atomic E-state index is 0.0903. The molecule has 0 bridgehead atoms. The number of rotatable bonds is 5. The third kappa shape index (κ3) is 4.38. The standard InChI is InChI=1S/C8H19Cl4NSi2/c1-6(2)13(7(3)4)8(5)15(11,12)14(9)10/h6-8,14H,1-5H3. The Balaban J connectivity index is 4.86. The molecule has 0 aromatic carbocycles. The summed E-state index contributed by atoms with van der Waals surface area (Å²) in [5, 5.41) is 0. The Labute approximate surface area is 114 Å². The van der Waals surface area contributed by atoms with Crippen LogP contribution in [-0.2, 0) is 0 Å². The van der Waals surface area contributed by atoms with Crippen LogP contribution in [-0.4, -0.2) is 35.8 Å². The van der Waals surface area contributed by atoms with Gasteiger partial charge in [0, 0.05) is 17.7 Å². The summed E-state index contributed by atoms with van der Waals surface area (Å²) < 4.78 is 0. The second kappa shape index (κ2) is 6.48. The first kappa shape index (κ1) is 16.6. The van der Waals surface area contributed by atoms with E-state index in [0.717, 1.165) is 0 Å². The van der Waals surface area contributed by atoms with Gasteiger partial charge in [0.15, 0.2) is 0 Å². The maximum Gasteiger partial charge on any atom is 0.286 e. The van der Waals surface area contributed by atoms with E-state index in [1.54, 1.807) is 0 Å². The fourth-order valence-corrected chi connectivity index (χ4v) is 8.80. The van der Waals surface area contributed by atoms with Crippen molar-refractivity contribution < 1.29 is 0 Å². The highest BCUT2D eigenvalue weighted by Crippen LogP contribution is 2.31. The number of halogens is 4. The van der Waals surface area contributed by atoms with Crippen LogP contribution in [0.5, 0.6) is 0 Å². The van der Waals surface area contributed by atoms with E-state index in [1.807, 2.05) is 6.92 Å². The molecule has 0 aromatic heterocycles. The number of hydrogen-bond acceptors (Lipinski definition) is 1. The lowest BCUT2D eigenvalue weighted by molar-refractivity contribution is 0.162. The Morgan fingerprint density at radius 1 is 0.933 bits per heavy atom. The average Bonchev–Trinajstić information content (AvgIpc) is 2.01. The van der Waals surface area contributed by atoms with Crippen molar-refractivity contribution >= 4 is 57.5 Å². The van der Waals surface area contributed by atoms with E-state index < -0.39 is 13.1 Å². The van der Waals surface area contributed by atoms with Crippen molar-refractivity contribution in [2.24, 2.45) is 0 Å². The minimum Gasteiger partial charge on any atom is -0.296 e. The highest BCUT2D eigenvalue weighted by Gasteiger charge is 2.47. The summed E-state index contributed by atoms with van der Waals surface area (Å²) in [4.78, 5) is 2.29. The van der Waals surface area contributed by atoms with Gasteiger partial charge in [0.25, 0.3) is 13.1 Å². The fraction of sp³-hybridized carbons (Fsp3) is 1.00. The predicted molar refractivity (Wildman–Crippen MR) is 77.9 cm³/mol. The van der Waals surface area contributed by atoms with Gasteiger partial charge in [0.1, 0.15) is 0 Å². The fourth-order valence-electron chi connectivity index (χ4n) is 1.87. The maximum atomic E-state index is 6.36. The van der Waals surface area contributed by atoms with E-state index in [0.29, 0.717) is 12.1 Å². The summed E-state index contributed by atoms with van der Waals surface area (Å²) in [6.45, 7) is 8.57. The molecule has 0 radical (unpaired) electrons. The van der Waals surface area contributed by atoms with E-state index in [9.17, 15) is 0 Å². The number of hydrogen-bond donors (Lipinski definition) is 0. The molecule has 0 aliphatic rings. The molecular formula is C8H19Cl4NSi2. The van der Waals surface area contributed by atoms with E-state index in [-0.39, 0.29) is 5.67 Å². The van der Waals surface area contributed by atoms with Crippen molar-refractivity contribution in [1.29, 1.82) is 0 Å². The van der Waals surface area contributed by atoms with Crippen LogP contribution in [0.3, 0.4) is 0 Å². The van der Waals surface area contributed by atoms with E-state index in [2.05, 4.69) is 32.6 Å². The molecule has 15 heavy (non-hydrogen) atoms. The molecule has 0 aliphatic carbocycles. The zero-order chi connectivity index (χ0) is 12.4. The van der Waals surface area contributed by atoms with Crippen molar-refractivity contribution in [2.45, 2.75) is 52.4 Å². The molecule has 0 saturated heterocycles. The molecule has 92 valence electrons. The van der Waals surface area contributed by atoms with Gasteiger partial charge in [0.05, 0.1) is 0 Å². The topological polar surface area (TPSA) is 3.24 Å². The molecule has 0 heterocycles. The Morgan fingerprint density at radius 3 is 1.47 bits per heavy atom. The van der Waals surface area contributed by atoms with Crippen molar-refractivity contribution in [3.05, 3.63) is 0 Å². The van der Waals surface area contributed by atoms with Gasteiger partial charge in [-0.3, -0.25) is 4.90 Å². The summed E-state index contributed by atoms with van der Waals surface area (Å²) >= 11 is 24.7. The molecule has 1 unspecified atom stereocenters. The zero-order valence-electron chi connectivity index (χ0n) is 9.77. The van der Waals surface area contributed by atoms with Crippen LogP contribution in [0.2, 0.25) is 0 Å². The molecule has 0 N–H and O–H groups in total. The highest BCUT2D eigenvalue weighted by atomic mass is 35.8. The van der Waals surface area contributed by atoms with Crippen molar-refractivity contribution in [3.63, 3.8) is 0 Å². The third-order valence-electron chi connectivity index (χ3n) is 2.49. The monoisotopic (exact) mass is 325 g/mol. The molecule has 0 saturated carbocycles. The van der Waals surface area contributed by atoms with Crippen LogP contribution < -0.4 is 0 Å². The van der Waals surface area contributed by atoms with Crippen LogP contribution in [0.4, 0.5) is 0 Å². The normalized spacial score (nSPS) is 15.8. The van der Waals surface area contributed by atoms with E-state index in [4.69, 9.17) is 44.3 Å². The third-order valence-corrected chi connectivity index (χ3v) is 23.7. The summed E-state index contributed by atoms with van der Waals surface area (Å²) in [5.41, 5.74) is 0.0903. The Kier molecular flexibility index (Phi) is 7.15. The molecule has 0 rings (SSSR count). The van der Waals surface area contributed by atoms with E-state index in [1.165, 1.54) is 0 Å². The molecule has 0 fully saturated rings. The van der Waals surface area contributed by atoms with Crippen LogP contribution in [0.15, 0.2) is 0 Å². The van der Waals surface area contributed by atoms with Crippen molar-refractivity contribution in [1.82, 2.24) is 4.90 Å². The number of nitrogens with zero attached hydrogens (tertiary/aromatic N) is 1. The smallest absolute Gasteiger partial charge is 0.286 e. The van der Waals surface area contributed by atoms with Crippen LogP contribution in [0, 0.1) is 0 Å². The van der Waals surface area contributed by atoms with Gasteiger partial charge in [-0.1, -0.05) is 0 Å². The molecule has 0 spiro atoms. The van der Waals surface area contributed by atoms with Crippen LogP contribution >= 0.6 is 44.3 Å². The molecule has 1 atom stereocenters. The zero-order valence-corrected chi connectivity index (χ0v) is 14.9. The average molecular weight is 327 g/mol. The second-order valence-electron chi connectivity index (χ2n) is 4.29. The summed E-state index contributed by atoms with van der Waals surface area (Å²) in [7, 11) is 0. The van der Waals surface area contributed by atoms with Crippen LogP contribution in [0.25, 0.3) is 0 Å². The maximum absolute atomic E-state index is 6.36. The Morgan fingerprint density at radius 2 is 1.27 bits per heavy atom. The van der Waals surface area contributed by atoms with Crippen molar-refractivity contribution in [3.8, 4) is 0 Å². The Bertz CT molecular complexity index is 191. The molecule has 0 aromatic rings. The predicted octanol–water partition coefficient (Wildman–Crippen LogP) is 3.73. The van der Waals surface area contributed by atoms with Crippen LogP contribution in [0.1, 0.15) is 34.6 Å². The lowest BCUT2D eigenvalue weighted by Crippen LogP contribution is -2.58. The lowest BCUT2D eigenvalue weighted by atomic mass is 10.2. The summed E-state index contributed by atoms with van der Waals surface area (Å²) in [6, 6.07) is 0.788. The van der Waals surface area contributed by atoms with Gasteiger partial charge >= 0.3 is 0 Å². The second-order valence-corrected chi connectivity index (χ2v) is 23.5. The Hall–Kier alpha value is 1.55. The first-order chi connectivity index (χ1) is 6.62. The lowest BCUT2D eigenvalue weighted by Gasteiger charge is -2.40. The van der Waals surface area contributed by atoms with Gasteiger partial charge in [-0.2, -0.15) is 22.2 Å². The first-order valence-corrected chi connectivity index (χ1v) is 14.5. The van der Waals surface area contributed by atoms with Gasteiger partial charge in [-0.05, 0) is 34.6 Å². The molecular weight excluding hydrogens is 308 g/mol. The summed E-state index contributed by atoms with van der Waals surface area (Å²) in [5.74, 6) is 0. The van der Waals surface area contributed by atoms with E-state index >= 15 is 0 Å². The minimum atomic E-state index is -2.53. The largest absolute Gasteiger partial charge is 0.296 e. The quantitative estimate of drug-likeness (QED) is 0.549. The molecule has 0 aliphatic heterocycles. The SMILES string of the molecule is CC(C)N(C(C)C)C(C)[Si](Cl)(Cl)[SiH](Cl)Cl. The summed E-state index contributed by atoms with van der Waals surface area (Å²) in [6.07, 6.45) is -2.53. The molecule has 1 nitrogen and oxygen atoms in total. The van der Waals surface area contributed by atoms with Gasteiger partial charge in [-0.15, -0.1) is 22.2 Å². The van der Waals surface area contributed by atoms with Crippen molar-refractivity contribution in [2.75, 3.05) is 0 Å².